The minimum atomic E-state index is -0.743. The summed E-state index contributed by atoms with van der Waals surface area (Å²) in [6.07, 6.45) is 0.790. The monoisotopic (exact) mass is 366 g/mol. The van der Waals surface area contributed by atoms with Gasteiger partial charge in [0.2, 0.25) is 0 Å². The van der Waals surface area contributed by atoms with Gasteiger partial charge in [-0.15, -0.1) is 0 Å². The molecule has 0 saturated carbocycles. The van der Waals surface area contributed by atoms with Gasteiger partial charge in [-0.2, -0.15) is 0 Å². The molecule has 0 spiro atoms. The Balaban J connectivity index is 1.64. The lowest BCUT2D eigenvalue weighted by atomic mass is 10.2. The van der Waals surface area contributed by atoms with Crippen LogP contribution in [0.2, 0.25) is 0 Å². The van der Waals surface area contributed by atoms with Gasteiger partial charge < -0.3 is 10.2 Å². The molecule has 27 heavy (non-hydrogen) atoms. The lowest BCUT2D eigenvalue weighted by Gasteiger charge is -2.17. The average molecular weight is 366 g/mol. The lowest BCUT2D eigenvalue weighted by molar-refractivity contribution is 0.0984. The number of nitrogens with zero attached hydrogens (tertiary/aromatic N) is 3. The Labute approximate surface area is 154 Å². The van der Waals surface area contributed by atoms with Crippen molar-refractivity contribution in [2.75, 3.05) is 16.8 Å². The minimum Gasteiger partial charge on any atom is -0.338 e. The van der Waals surface area contributed by atoms with Crippen molar-refractivity contribution < 1.29 is 13.6 Å². The normalized spacial score (nSPS) is 12.8. The number of benzene rings is 2. The molecule has 136 valence electrons. The first-order valence-corrected chi connectivity index (χ1v) is 8.49. The zero-order valence-electron chi connectivity index (χ0n) is 14.5. The summed E-state index contributed by atoms with van der Waals surface area (Å²) in [7, 11) is 0. The van der Waals surface area contributed by atoms with E-state index in [-0.39, 0.29) is 23.1 Å². The molecule has 1 N–H and O–H groups in total. The molecule has 1 aliphatic heterocycles. The first-order valence-electron chi connectivity index (χ1n) is 8.49. The fourth-order valence-electron chi connectivity index (χ4n) is 3.16. The summed E-state index contributed by atoms with van der Waals surface area (Å²) in [6, 6.07) is 12.4. The summed E-state index contributed by atoms with van der Waals surface area (Å²) < 4.78 is 27.0. The topological polar surface area (TPSA) is 58.1 Å². The van der Waals surface area contributed by atoms with E-state index in [4.69, 9.17) is 0 Å². The zero-order valence-corrected chi connectivity index (χ0v) is 14.5. The van der Waals surface area contributed by atoms with E-state index < -0.39 is 11.6 Å². The van der Waals surface area contributed by atoms with E-state index in [2.05, 4.69) is 15.3 Å². The highest BCUT2D eigenvalue weighted by Crippen LogP contribution is 2.29. The molecule has 7 heteroatoms. The summed E-state index contributed by atoms with van der Waals surface area (Å²) in [4.78, 5) is 23.1. The first kappa shape index (κ1) is 17.1. The van der Waals surface area contributed by atoms with E-state index in [1.807, 2.05) is 24.3 Å². The molecule has 0 aliphatic carbocycles. The van der Waals surface area contributed by atoms with Crippen LogP contribution in [0.25, 0.3) is 0 Å². The SMILES string of the molecule is Cc1nc(Nc2ccc(F)cc2F)cc(C(=O)N2CCc3ccccc32)n1. The van der Waals surface area contributed by atoms with Crippen LogP contribution in [-0.4, -0.2) is 22.4 Å². The van der Waals surface area contributed by atoms with Crippen LogP contribution < -0.4 is 10.2 Å². The second kappa shape index (κ2) is 6.75. The number of anilines is 3. The summed E-state index contributed by atoms with van der Waals surface area (Å²) in [5.41, 5.74) is 2.27. The van der Waals surface area contributed by atoms with Gasteiger partial charge >= 0.3 is 0 Å². The number of carbonyl (C=O) groups is 1. The number of aryl methyl sites for hydroxylation is 1. The van der Waals surface area contributed by atoms with Gasteiger partial charge in [0.1, 0.15) is 29.0 Å². The van der Waals surface area contributed by atoms with Crippen LogP contribution in [-0.2, 0) is 6.42 Å². The maximum absolute atomic E-state index is 13.9. The third kappa shape index (κ3) is 3.36. The summed E-state index contributed by atoms with van der Waals surface area (Å²) in [6.45, 7) is 2.23. The quantitative estimate of drug-likeness (QED) is 0.761. The second-order valence-corrected chi connectivity index (χ2v) is 6.27. The smallest absolute Gasteiger partial charge is 0.277 e. The molecule has 3 aromatic rings. The molecule has 0 atom stereocenters. The van der Waals surface area contributed by atoms with Crippen molar-refractivity contribution >= 4 is 23.1 Å². The molecule has 1 amide bonds. The molecular formula is C20H16F2N4O. The molecule has 5 nitrogen and oxygen atoms in total. The largest absolute Gasteiger partial charge is 0.338 e. The number of para-hydroxylation sites is 1. The van der Waals surface area contributed by atoms with Crippen LogP contribution in [0.3, 0.4) is 0 Å². The summed E-state index contributed by atoms with van der Waals surface area (Å²) in [5, 5.41) is 2.78. The number of halogens is 2. The fraction of sp³-hybridized carbons (Fsp3) is 0.150. The minimum absolute atomic E-state index is 0.0689. The highest BCUT2D eigenvalue weighted by Gasteiger charge is 2.26. The van der Waals surface area contributed by atoms with E-state index in [0.717, 1.165) is 29.8 Å². The Kier molecular flexibility index (Phi) is 4.27. The lowest BCUT2D eigenvalue weighted by Crippen LogP contribution is -2.30. The maximum Gasteiger partial charge on any atom is 0.277 e. The van der Waals surface area contributed by atoms with Crippen molar-refractivity contribution in [1.29, 1.82) is 0 Å². The van der Waals surface area contributed by atoms with Crippen LogP contribution in [0.5, 0.6) is 0 Å². The third-order valence-corrected chi connectivity index (χ3v) is 4.38. The number of hydrogen-bond acceptors (Lipinski definition) is 4. The van der Waals surface area contributed by atoms with E-state index in [1.165, 1.54) is 12.1 Å². The predicted molar refractivity (Wildman–Crippen MR) is 98.2 cm³/mol. The summed E-state index contributed by atoms with van der Waals surface area (Å²) >= 11 is 0. The van der Waals surface area contributed by atoms with Gasteiger partial charge in [0, 0.05) is 24.4 Å². The van der Waals surface area contributed by atoms with Crippen LogP contribution in [0.1, 0.15) is 21.9 Å². The molecule has 4 rings (SSSR count). The van der Waals surface area contributed by atoms with Gasteiger partial charge in [-0.1, -0.05) is 18.2 Å². The van der Waals surface area contributed by atoms with E-state index in [1.54, 1.807) is 11.8 Å². The van der Waals surface area contributed by atoms with Gasteiger partial charge in [-0.25, -0.2) is 18.7 Å². The number of aromatic nitrogens is 2. The molecule has 1 aliphatic rings. The van der Waals surface area contributed by atoms with E-state index in [9.17, 15) is 13.6 Å². The van der Waals surface area contributed by atoms with Gasteiger partial charge in [-0.05, 0) is 37.1 Å². The second-order valence-electron chi connectivity index (χ2n) is 6.27. The Morgan fingerprint density at radius 3 is 2.74 bits per heavy atom. The molecule has 2 heterocycles. The summed E-state index contributed by atoms with van der Waals surface area (Å²) in [5.74, 6) is -1.01. The van der Waals surface area contributed by atoms with Crippen molar-refractivity contribution in [3.05, 3.63) is 77.2 Å². The Morgan fingerprint density at radius 1 is 1.11 bits per heavy atom. The Morgan fingerprint density at radius 2 is 1.93 bits per heavy atom. The van der Waals surface area contributed by atoms with Crippen molar-refractivity contribution in [1.82, 2.24) is 9.97 Å². The number of carbonyl (C=O) groups excluding carboxylic acids is 1. The number of hydrogen-bond donors (Lipinski definition) is 1. The highest BCUT2D eigenvalue weighted by atomic mass is 19.1. The van der Waals surface area contributed by atoms with Crippen LogP contribution >= 0.6 is 0 Å². The van der Waals surface area contributed by atoms with Gasteiger partial charge in [0.05, 0.1) is 5.69 Å². The molecule has 0 fully saturated rings. The number of fused-ring (bicyclic) bond motifs is 1. The Hall–Kier alpha value is -3.35. The first-order chi connectivity index (χ1) is 13.0. The number of amides is 1. The maximum atomic E-state index is 13.9. The molecule has 0 saturated heterocycles. The third-order valence-electron chi connectivity index (χ3n) is 4.38. The molecular weight excluding hydrogens is 350 g/mol. The fourth-order valence-corrected chi connectivity index (χ4v) is 3.16. The molecule has 0 radical (unpaired) electrons. The van der Waals surface area contributed by atoms with Crippen molar-refractivity contribution in [3.8, 4) is 0 Å². The van der Waals surface area contributed by atoms with E-state index in [0.29, 0.717) is 12.4 Å². The number of nitrogens with one attached hydrogen (secondary N) is 1. The van der Waals surface area contributed by atoms with Gasteiger partial charge in [0.15, 0.2) is 0 Å². The highest BCUT2D eigenvalue weighted by molar-refractivity contribution is 6.06. The van der Waals surface area contributed by atoms with Crippen molar-refractivity contribution in [2.45, 2.75) is 13.3 Å². The molecule has 0 unspecified atom stereocenters. The Bertz CT molecular complexity index is 1040. The average Bonchev–Trinajstić information content (AvgIpc) is 3.07. The molecule has 1 aromatic heterocycles. The molecule has 2 aromatic carbocycles. The number of rotatable bonds is 3. The van der Waals surface area contributed by atoms with Gasteiger partial charge in [-0.3, -0.25) is 4.79 Å². The van der Waals surface area contributed by atoms with Crippen LogP contribution in [0.4, 0.5) is 26.0 Å². The predicted octanol–water partition coefficient (Wildman–Crippen LogP) is 4.01. The van der Waals surface area contributed by atoms with Crippen molar-refractivity contribution in [2.24, 2.45) is 0 Å². The molecule has 0 bridgehead atoms. The standard InChI is InChI=1S/C20H16F2N4O/c1-12-23-17(20(27)26-9-8-13-4-2-3-5-18(13)26)11-19(24-12)25-16-7-6-14(21)10-15(16)22/h2-7,10-11H,8-9H2,1H3,(H,23,24,25). The van der Waals surface area contributed by atoms with Gasteiger partial charge in [0.25, 0.3) is 5.91 Å². The van der Waals surface area contributed by atoms with Crippen molar-refractivity contribution in [3.63, 3.8) is 0 Å². The van der Waals surface area contributed by atoms with E-state index >= 15 is 0 Å². The van der Waals surface area contributed by atoms with Crippen LogP contribution in [0, 0.1) is 18.6 Å². The van der Waals surface area contributed by atoms with Crippen LogP contribution in [0.15, 0.2) is 48.5 Å². The zero-order chi connectivity index (χ0) is 19.0.